The first-order valence-corrected chi connectivity index (χ1v) is 4.74. The molecule has 0 fully saturated rings. The Morgan fingerprint density at radius 2 is 1.92 bits per heavy atom. The summed E-state index contributed by atoms with van der Waals surface area (Å²) in [6, 6.07) is 6.53. The Kier molecular flexibility index (Phi) is 2.76. The van der Waals surface area contributed by atoms with E-state index in [-0.39, 0.29) is 11.5 Å². The van der Waals surface area contributed by atoms with Gasteiger partial charge >= 0.3 is 0 Å². The Bertz CT molecular complexity index is 326. The molecule has 70 valence electrons. The van der Waals surface area contributed by atoms with Crippen molar-refractivity contribution in [1.82, 2.24) is 0 Å². The topological polar surface area (TPSA) is 37.3 Å². The van der Waals surface area contributed by atoms with Gasteiger partial charge in [-0.15, -0.1) is 0 Å². The van der Waals surface area contributed by atoms with Gasteiger partial charge in [-0.2, -0.15) is 0 Å². The minimum atomic E-state index is -0.633. The third kappa shape index (κ3) is 2.31. The van der Waals surface area contributed by atoms with Crippen molar-refractivity contribution < 1.29 is 9.90 Å². The minimum Gasteiger partial charge on any atom is -0.507 e. The fourth-order valence-corrected chi connectivity index (χ4v) is 1.20. The Labute approximate surface area is 85.7 Å². The number of hydrogen-bond donors (Lipinski definition) is 1. The van der Waals surface area contributed by atoms with Gasteiger partial charge in [0.1, 0.15) is 5.75 Å². The van der Waals surface area contributed by atoms with Crippen molar-refractivity contribution in [1.29, 1.82) is 0 Å². The van der Waals surface area contributed by atoms with Crippen molar-refractivity contribution in [3.63, 3.8) is 0 Å². The van der Waals surface area contributed by atoms with E-state index in [1.165, 1.54) is 6.07 Å². The molecule has 1 rings (SSSR count). The summed E-state index contributed by atoms with van der Waals surface area (Å²) < 4.78 is -0.633. The SMILES string of the molecule is CC(C)(Br)C(=O)c1ccccc1O. The first-order valence-electron chi connectivity index (χ1n) is 3.94. The molecule has 0 radical (unpaired) electrons. The molecule has 2 nitrogen and oxygen atoms in total. The Hall–Kier alpha value is -0.830. The summed E-state index contributed by atoms with van der Waals surface area (Å²) >= 11 is 3.25. The van der Waals surface area contributed by atoms with Crippen molar-refractivity contribution in [3.05, 3.63) is 29.8 Å². The van der Waals surface area contributed by atoms with Crippen molar-refractivity contribution in [2.24, 2.45) is 0 Å². The van der Waals surface area contributed by atoms with Crippen LogP contribution in [0.15, 0.2) is 24.3 Å². The molecule has 1 N–H and O–H groups in total. The van der Waals surface area contributed by atoms with Crippen molar-refractivity contribution in [3.8, 4) is 5.75 Å². The number of phenolic OH excluding ortho intramolecular Hbond substituents is 1. The van der Waals surface area contributed by atoms with Crippen LogP contribution in [0.5, 0.6) is 5.75 Å². The molecule has 0 spiro atoms. The quantitative estimate of drug-likeness (QED) is 0.640. The predicted octanol–water partition coefficient (Wildman–Crippen LogP) is 2.75. The van der Waals surface area contributed by atoms with Crippen LogP contribution in [0.25, 0.3) is 0 Å². The molecule has 1 aromatic rings. The summed E-state index contributed by atoms with van der Waals surface area (Å²) in [5, 5.41) is 9.40. The van der Waals surface area contributed by atoms with E-state index in [2.05, 4.69) is 15.9 Å². The number of hydrogen-bond acceptors (Lipinski definition) is 2. The molecule has 3 heteroatoms. The Balaban J connectivity index is 3.10. The standard InChI is InChI=1S/C10H11BrO2/c1-10(2,11)9(13)7-5-3-4-6-8(7)12/h3-6,12H,1-2H3. The number of halogens is 1. The van der Waals surface area contributed by atoms with Gasteiger partial charge in [0.05, 0.1) is 9.89 Å². The van der Waals surface area contributed by atoms with E-state index in [0.29, 0.717) is 5.56 Å². The number of carbonyl (C=O) groups excluding carboxylic acids is 1. The van der Waals surface area contributed by atoms with Gasteiger partial charge < -0.3 is 5.11 Å². The van der Waals surface area contributed by atoms with E-state index in [0.717, 1.165) is 0 Å². The highest BCUT2D eigenvalue weighted by molar-refractivity contribution is 9.10. The van der Waals surface area contributed by atoms with Crippen LogP contribution in [0, 0.1) is 0 Å². The molecule has 0 unspecified atom stereocenters. The van der Waals surface area contributed by atoms with E-state index in [1.807, 2.05) is 0 Å². The molecule has 0 saturated carbocycles. The number of Topliss-reactive ketones (excluding diaryl/α,β-unsaturated/α-hetero) is 1. The molecule has 13 heavy (non-hydrogen) atoms. The van der Waals surface area contributed by atoms with Crippen molar-refractivity contribution in [2.75, 3.05) is 0 Å². The Morgan fingerprint density at radius 1 is 1.38 bits per heavy atom. The van der Waals surface area contributed by atoms with Crippen LogP contribution in [-0.2, 0) is 0 Å². The summed E-state index contributed by atoms with van der Waals surface area (Å²) in [5.74, 6) is -0.0920. The highest BCUT2D eigenvalue weighted by Gasteiger charge is 2.26. The van der Waals surface area contributed by atoms with Gasteiger partial charge in [0.25, 0.3) is 0 Å². The van der Waals surface area contributed by atoms with Crippen LogP contribution in [0.3, 0.4) is 0 Å². The van der Waals surface area contributed by atoms with Gasteiger partial charge in [0.2, 0.25) is 0 Å². The van der Waals surface area contributed by atoms with E-state index < -0.39 is 4.32 Å². The maximum absolute atomic E-state index is 11.7. The number of alkyl halides is 1. The second-order valence-corrected chi connectivity index (χ2v) is 5.30. The van der Waals surface area contributed by atoms with Gasteiger partial charge in [0, 0.05) is 0 Å². The third-order valence-electron chi connectivity index (χ3n) is 1.69. The zero-order valence-corrected chi connectivity index (χ0v) is 9.13. The molecular formula is C10H11BrO2. The summed E-state index contributed by atoms with van der Waals surface area (Å²) in [5.41, 5.74) is 0.351. The van der Waals surface area contributed by atoms with E-state index in [4.69, 9.17) is 0 Å². The van der Waals surface area contributed by atoms with Crippen LogP contribution < -0.4 is 0 Å². The number of benzene rings is 1. The summed E-state index contributed by atoms with van der Waals surface area (Å²) in [6.45, 7) is 3.50. The zero-order chi connectivity index (χ0) is 10.1. The summed E-state index contributed by atoms with van der Waals surface area (Å²) in [7, 11) is 0. The summed E-state index contributed by atoms with van der Waals surface area (Å²) in [4.78, 5) is 11.7. The second kappa shape index (κ2) is 3.50. The number of rotatable bonds is 2. The van der Waals surface area contributed by atoms with Crippen LogP contribution in [-0.4, -0.2) is 15.2 Å². The molecule has 0 amide bonds. The lowest BCUT2D eigenvalue weighted by molar-refractivity contribution is 0.0958. The second-order valence-electron chi connectivity index (χ2n) is 3.32. The first-order chi connectivity index (χ1) is 5.93. The van der Waals surface area contributed by atoms with Gasteiger partial charge in [-0.3, -0.25) is 4.79 Å². The molecule has 1 aromatic carbocycles. The van der Waals surface area contributed by atoms with E-state index in [1.54, 1.807) is 32.0 Å². The van der Waals surface area contributed by atoms with Crippen LogP contribution in [0.2, 0.25) is 0 Å². The maximum Gasteiger partial charge on any atom is 0.182 e. The zero-order valence-electron chi connectivity index (χ0n) is 7.54. The largest absolute Gasteiger partial charge is 0.507 e. The monoisotopic (exact) mass is 242 g/mol. The normalized spacial score (nSPS) is 11.3. The van der Waals surface area contributed by atoms with Crippen molar-refractivity contribution >= 4 is 21.7 Å². The lowest BCUT2D eigenvalue weighted by atomic mass is 10.0. The number of phenols is 1. The first kappa shape index (κ1) is 10.3. The van der Waals surface area contributed by atoms with Gasteiger partial charge in [-0.25, -0.2) is 0 Å². The number of carbonyl (C=O) groups is 1. The molecule has 0 saturated heterocycles. The molecule has 0 aromatic heterocycles. The lowest BCUT2D eigenvalue weighted by Crippen LogP contribution is -2.23. The minimum absolute atomic E-state index is 0.0278. The van der Waals surface area contributed by atoms with E-state index in [9.17, 15) is 9.90 Å². The molecule has 0 heterocycles. The highest BCUT2D eigenvalue weighted by Crippen LogP contribution is 2.26. The van der Waals surface area contributed by atoms with Crippen LogP contribution >= 0.6 is 15.9 Å². The third-order valence-corrected chi connectivity index (χ3v) is 2.05. The average molecular weight is 243 g/mol. The maximum atomic E-state index is 11.7. The lowest BCUT2D eigenvalue weighted by Gasteiger charge is -2.14. The highest BCUT2D eigenvalue weighted by atomic mass is 79.9. The smallest absolute Gasteiger partial charge is 0.182 e. The molecular weight excluding hydrogens is 232 g/mol. The van der Waals surface area contributed by atoms with Gasteiger partial charge in [-0.05, 0) is 26.0 Å². The number of ketones is 1. The fraction of sp³-hybridized carbons (Fsp3) is 0.300. The number of para-hydroxylation sites is 1. The Morgan fingerprint density at radius 3 is 2.38 bits per heavy atom. The predicted molar refractivity (Wildman–Crippen MR) is 55.4 cm³/mol. The van der Waals surface area contributed by atoms with Crippen molar-refractivity contribution in [2.45, 2.75) is 18.2 Å². The van der Waals surface area contributed by atoms with Gasteiger partial charge in [0.15, 0.2) is 5.78 Å². The molecule has 0 atom stereocenters. The molecule has 0 bridgehead atoms. The van der Waals surface area contributed by atoms with Crippen LogP contribution in [0.4, 0.5) is 0 Å². The molecule has 0 aliphatic rings. The average Bonchev–Trinajstić information content (AvgIpc) is 2.02. The summed E-state index contributed by atoms with van der Waals surface area (Å²) in [6.07, 6.45) is 0. The van der Waals surface area contributed by atoms with E-state index >= 15 is 0 Å². The van der Waals surface area contributed by atoms with Gasteiger partial charge in [-0.1, -0.05) is 28.1 Å². The number of aromatic hydroxyl groups is 1. The molecule has 0 aliphatic carbocycles. The van der Waals surface area contributed by atoms with Crippen LogP contribution in [0.1, 0.15) is 24.2 Å². The molecule has 0 aliphatic heterocycles. The fourth-order valence-electron chi connectivity index (χ4n) is 0.986.